The number of anilines is 1. The number of likely N-dealkylation sites (N-methyl/N-ethyl adjacent to an activating group) is 1. The molecule has 0 fully saturated rings. The number of para-hydroxylation sites is 1. The molecule has 7 nitrogen and oxygen atoms in total. The molecule has 2 rings (SSSR count). The lowest BCUT2D eigenvalue weighted by molar-refractivity contribution is -0.117. The van der Waals surface area contributed by atoms with Gasteiger partial charge in [0.2, 0.25) is 11.8 Å². The third kappa shape index (κ3) is 4.37. The van der Waals surface area contributed by atoms with Gasteiger partial charge in [-0.15, -0.1) is 0 Å². The minimum absolute atomic E-state index is 0.0778. The lowest BCUT2D eigenvalue weighted by Gasteiger charge is -2.15. The van der Waals surface area contributed by atoms with Crippen molar-refractivity contribution in [1.29, 1.82) is 0 Å². The summed E-state index contributed by atoms with van der Waals surface area (Å²) in [4.78, 5) is 18.0. The molecule has 0 aliphatic heterocycles. The first-order valence-corrected chi connectivity index (χ1v) is 7.20. The van der Waals surface area contributed by atoms with Gasteiger partial charge in [-0.1, -0.05) is 30.3 Å². The Hall–Kier alpha value is -2.25. The average Bonchev–Trinajstić information content (AvgIpc) is 2.95. The normalized spacial score (nSPS) is 10.9. The van der Waals surface area contributed by atoms with E-state index in [2.05, 4.69) is 22.4 Å². The number of hydrogen-bond donors (Lipinski definition) is 2. The Balaban J connectivity index is 1.88. The molecule has 7 heteroatoms. The van der Waals surface area contributed by atoms with E-state index in [4.69, 9.17) is 10.3 Å². The highest BCUT2D eigenvalue weighted by molar-refractivity contribution is 5.92. The molecule has 0 aliphatic rings. The van der Waals surface area contributed by atoms with Gasteiger partial charge >= 0.3 is 0 Å². The highest BCUT2D eigenvalue weighted by atomic mass is 16.5. The molecule has 1 aromatic carbocycles. The zero-order chi connectivity index (χ0) is 15.9. The Morgan fingerprint density at radius 2 is 2.18 bits per heavy atom. The van der Waals surface area contributed by atoms with Crippen LogP contribution in [-0.2, 0) is 24.3 Å². The second-order valence-electron chi connectivity index (χ2n) is 5.04. The molecular formula is C15H21N5O2. The summed E-state index contributed by atoms with van der Waals surface area (Å²) in [6.07, 6.45) is 0.872. The maximum absolute atomic E-state index is 12.1. The van der Waals surface area contributed by atoms with Crippen molar-refractivity contribution in [1.82, 2.24) is 15.0 Å². The smallest absolute Gasteiger partial charge is 0.240 e. The van der Waals surface area contributed by atoms with E-state index in [0.717, 1.165) is 17.7 Å². The zero-order valence-corrected chi connectivity index (χ0v) is 12.9. The van der Waals surface area contributed by atoms with Crippen molar-refractivity contribution in [3.8, 4) is 0 Å². The fourth-order valence-electron chi connectivity index (χ4n) is 2.12. The van der Waals surface area contributed by atoms with E-state index < -0.39 is 0 Å². The highest BCUT2D eigenvalue weighted by Crippen LogP contribution is 2.15. The number of rotatable bonds is 7. The van der Waals surface area contributed by atoms with E-state index in [0.29, 0.717) is 18.3 Å². The molecule has 2 aromatic rings. The van der Waals surface area contributed by atoms with E-state index >= 15 is 0 Å². The van der Waals surface area contributed by atoms with Gasteiger partial charge in [-0.2, -0.15) is 4.98 Å². The molecule has 22 heavy (non-hydrogen) atoms. The summed E-state index contributed by atoms with van der Waals surface area (Å²) in [6, 6.07) is 7.79. The summed E-state index contributed by atoms with van der Waals surface area (Å²) >= 11 is 0. The van der Waals surface area contributed by atoms with Gasteiger partial charge in [-0.25, -0.2) is 0 Å². The summed E-state index contributed by atoms with van der Waals surface area (Å²) in [5, 5.41) is 6.74. The molecule has 0 aliphatic carbocycles. The molecule has 1 aromatic heterocycles. The second-order valence-corrected chi connectivity index (χ2v) is 5.04. The van der Waals surface area contributed by atoms with Crippen LogP contribution in [0.5, 0.6) is 0 Å². The van der Waals surface area contributed by atoms with Crippen molar-refractivity contribution in [2.45, 2.75) is 26.4 Å². The molecule has 0 saturated carbocycles. The zero-order valence-electron chi connectivity index (χ0n) is 12.9. The minimum Gasteiger partial charge on any atom is -0.338 e. The molecule has 0 bridgehead atoms. The van der Waals surface area contributed by atoms with E-state index in [1.54, 1.807) is 0 Å². The summed E-state index contributed by atoms with van der Waals surface area (Å²) in [5.41, 5.74) is 7.38. The van der Waals surface area contributed by atoms with Crippen LogP contribution in [0.25, 0.3) is 0 Å². The average molecular weight is 303 g/mol. The van der Waals surface area contributed by atoms with Crippen LogP contribution < -0.4 is 11.1 Å². The monoisotopic (exact) mass is 303 g/mol. The van der Waals surface area contributed by atoms with Crippen LogP contribution in [0.4, 0.5) is 5.69 Å². The third-order valence-electron chi connectivity index (χ3n) is 3.18. The van der Waals surface area contributed by atoms with Crippen LogP contribution in [0, 0.1) is 0 Å². The minimum atomic E-state index is -0.0778. The fourth-order valence-corrected chi connectivity index (χ4v) is 2.12. The Morgan fingerprint density at radius 3 is 2.86 bits per heavy atom. The Morgan fingerprint density at radius 1 is 1.41 bits per heavy atom. The van der Waals surface area contributed by atoms with Crippen LogP contribution in [0.3, 0.4) is 0 Å². The first kappa shape index (κ1) is 16.1. The number of amides is 1. The van der Waals surface area contributed by atoms with Crippen molar-refractivity contribution in [3.05, 3.63) is 41.5 Å². The van der Waals surface area contributed by atoms with Gasteiger partial charge in [0.25, 0.3) is 0 Å². The number of nitrogens with one attached hydrogen (secondary N) is 1. The van der Waals surface area contributed by atoms with Crippen molar-refractivity contribution >= 4 is 11.6 Å². The van der Waals surface area contributed by atoms with E-state index in [1.807, 2.05) is 36.2 Å². The lowest BCUT2D eigenvalue weighted by atomic mass is 10.1. The molecule has 0 saturated heterocycles. The molecule has 0 atom stereocenters. The summed E-state index contributed by atoms with van der Waals surface area (Å²) in [6.45, 7) is 2.93. The molecule has 0 unspecified atom stereocenters. The van der Waals surface area contributed by atoms with Crippen LogP contribution in [-0.4, -0.2) is 34.5 Å². The van der Waals surface area contributed by atoms with Gasteiger partial charge in [0.05, 0.1) is 19.6 Å². The van der Waals surface area contributed by atoms with E-state index in [1.165, 1.54) is 0 Å². The number of nitrogens with two attached hydrogens (primary N) is 1. The molecule has 0 spiro atoms. The van der Waals surface area contributed by atoms with Crippen molar-refractivity contribution in [2.75, 3.05) is 18.9 Å². The molecule has 0 radical (unpaired) electrons. The van der Waals surface area contributed by atoms with Crippen molar-refractivity contribution in [3.63, 3.8) is 0 Å². The van der Waals surface area contributed by atoms with E-state index in [-0.39, 0.29) is 19.0 Å². The SMILES string of the molecule is CCc1ccccc1NC(=O)CN(C)Cc1noc(CN)n1. The maximum Gasteiger partial charge on any atom is 0.240 e. The summed E-state index contributed by atoms with van der Waals surface area (Å²) < 4.78 is 4.93. The number of aromatic nitrogens is 2. The molecule has 1 amide bonds. The summed E-state index contributed by atoms with van der Waals surface area (Å²) in [7, 11) is 1.82. The van der Waals surface area contributed by atoms with E-state index in [9.17, 15) is 4.79 Å². The van der Waals surface area contributed by atoms with Gasteiger partial charge in [0.15, 0.2) is 5.82 Å². The topological polar surface area (TPSA) is 97.3 Å². The third-order valence-corrected chi connectivity index (χ3v) is 3.18. The quantitative estimate of drug-likeness (QED) is 0.796. The van der Waals surface area contributed by atoms with Gasteiger partial charge in [0.1, 0.15) is 0 Å². The predicted molar refractivity (Wildman–Crippen MR) is 83.0 cm³/mol. The van der Waals surface area contributed by atoms with Crippen LogP contribution in [0.2, 0.25) is 0 Å². The first-order chi connectivity index (χ1) is 10.6. The molecule has 118 valence electrons. The van der Waals surface area contributed by atoms with Crippen molar-refractivity contribution in [2.24, 2.45) is 5.73 Å². The standard InChI is InChI=1S/C15H21N5O2/c1-3-11-6-4-5-7-12(11)17-14(21)10-20(2)9-13-18-15(8-16)22-19-13/h4-7H,3,8-10,16H2,1-2H3,(H,17,21). The highest BCUT2D eigenvalue weighted by Gasteiger charge is 2.12. The number of benzene rings is 1. The predicted octanol–water partition coefficient (Wildman–Crippen LogP) is 1.16. The van der Waals surface area contributed by atoms with Crippen LogP contribution >= 0.6 is 0 Å². The number of hydrogen-bond acceptors (Lipinski definition) is 6. The Labute approximate surface area is 129 Å². The van der Waals surface area contributed by atoms with Crippen LogP contribution in [0.1, 0.15) is 24.2 Å². The number of nitrogens with zero attached hydrogens (tertiary/aromatic N) is 3. The van der Waals surface area contributed by atoms with Crippen molar-refractivity contribution < 1.29 is 9.32 Å². The number of aryl methyl sites for hydroxylation is 1. The molecular weight excluding hydrogens is 282 g/mol. The number of carbonyl (C=O) groups excluding carboxylic acids is 1. The lowest BCUT2D eigenvalue weighted by Crippen LogP contribution is -2.30. The van der Waals surface area contributed by atoms with Crippen LogP contribution in [0.15, 0.2) is 28.8 Å². The van der Waals surface area contributed by atoms with Gasteiger partial charge in [-0.3, -0.25) is 9.69 Å². The first-order valence-electron chi connectivity index (χ1n) is 7.20. The largest absolute Gasteiger partial charge is 0.338 e. The molecule has 1 heterocycles. The molecule has 3 N–H and O–H groups in total. The Kier molecular flexibility index (Phi) is 5.62. The van der Waals surface area contributed by atoms with Gasteiger partial charge < -0.3 is 15.6 Å². The second kappa shape index (κ2) is 7.67. The summed E-state index contributed by atoms with van der Waals surface area (Å²) in [5.74, 6) is 0.834. The number of carbonyl (C=O) groups is 1. The Bertz CT molecular complexity index is 626. The fraction of sp³-hybridized carbons (Fsp3) is 0.400. The maximum atomic E-state index is 12.1. The van der Waals surface area contributed by atoms with Gasteiger partial charge in [0, 0.05) is 5.69 Å². The van der Waals surface area contributed by atoms with Gasteiger partial charge in [-0.05, 0) is 25.1 Å².